The Kier molecular flexibility index (Phi) is 7.64. The first-order chi connectivity index (χ1) is 13.7. The van der Waals surface area contributed by atoms with E-state index in [4.69, 9.17) is 4.74 Å². The molecule has 0 radical (unpaired) electrons. The molecule has 2 fully saturated rings. The maximum absolute atomic E-state index is 13.2. The minimum absolute atomic E-state index is 0.00923. The third kappa shape index (κ3) is 5.33. The number of amides is 1. The minimum Gasteiger partial charge on any atom is -0.496 e. The summed E-state index contributed by atoms with van der Waals surface area (Å²) in [6, 6.07) is 2.24. The van der Waals surface area contributed by atoms with Crippen molar-refractivity contribution >= 4 is 40.3 Å². The van der Waals surface area contributed by atoms with Crippen LogP contribution < -0.4 is 10.1 Å². The summed E-state index contributed by atoms with van der Waals surface area (Å²) in [5, 5.41) is 3.10. The fraction of sp³-hybridized carbons (Fsp3) is 0.650. The van der Waals surface area contributed by atoms with Gasteiger partial charge in [-0.05, 0) is 63.6 Å². The zero-order valence-electron chi connectivity index (χ0n) is 16.5. The third-order valence-electron chi connectivity index (χ3n) is 5.78. The van der Waals surface area contributed by atoms with Crippen molar-refractivity contribution in [3.63, 3.8) is 0 Å². The van der Waals surface area contributed by atoms with E-state index in [-0.39, 0.29) is 28.2 Å². The van der Waals surface area contributed by atoms with Gasteiger partial charge < -0.3 is 10.1 Å². The van der Waals surface area contributed by atoms with Crippen molar-refractivity contribution in [3.05, 3.63) is 23.3 Å². The highest BCUT2D eigenvalue weighted by molar-refractivity contribution is 14.1. The van der Waals surface area contributed by atoms with E-state index in [1.165, 1.54) is 7.11 Å². The normalized spacial score (nSPS) is 23.9. The quantitative estimate of drug-likeness (QED) is 0.324. The fourth-order valence-electron chi connectivity index (χ4n) is 4.29. The van der Waals surface area contributed by atoms with Crippen molar-refractivity contribution in [1.82, 2.24) is 10.2 Å². The Morgan fingerprint density at radius 1 is 1.24 bits per heavy atom. The van der Waals surface area contributed by atoms with Gasteiger partial charge in [0, 0.05) is 20.9 Å². The van der Waals surface area contributed by atoms with E-state index in [1.807, 2.05) is 0 Å². The lowest BCUT2D eigenvalue weighted by Crippen LogP contribution is -2.51. The van der Waals surface area contributed by atoms with Crippen LogP contribution in [0, 0.1) is 0 Å². The lowest BCUT2D eigenvalue weighted by Gasteiger charge is -2.37. The van der Waals surface area contributed by atoms with Crippen LogP contribution in [0.25, 0.3) is 0 Å². The number of piperidine rings is 1. The SMILES string of the molecule is COc1cc(C(F)(F)F)cc(SC)c1C(=O)N[C@@H]1CCC[C@@H]1N1CCC(I)CC1. The second kappa shape index (κ2) is 9.64. The molecule has 9 heteroatoms. The number of hydrogen-bond acceptors (Lipinski definition) is 4. The number of halogens is 4. The number of ether oxygens (including phenoxy) is 1. The van der Waals surface area contributed by atoms with E-state index in [0.717, 1.165) is 69.1 Å². The summed E-state index contributed by atoms with van der Waals surface area (Å²) in [5.74, 6) is -0.400. The van der Waals surface area contributed by atoms with Gasteiger partial charge >= 0.3 is 6.18 Å². The van der Waals surface area contributed by atoms with Gasteiger partial charge in [-0.25, -0.2) is 0 Å². The summed E-state index contributed by atoms with van der Waals surface area (Å²) < 4.78 is 45.5. The van der Waals surface area contributed by atoms with Crippen LogP contribution in [-0.2, 0) is 6.18 Å². The van der Waals surface area contributed by atoms with Gasteiger partial charge in [-0.2, -0.15) is 13.2 Å². The summed E-state index contributed by atoms with van der Waals surface area (Å²) in [5.41, 5.74) is -0.625. The highest BCUT2D eigenvalue weighted by Gasteiger charge is 2.37. The summed E-state index contributed by atoms with van der Waals surface area (Å²) in [6.45, 7) is 2.06. The Bertz CT molecular complexity index is 714. The van der Waals surface area contributed by atoms with E-state index in [2.05, 4.69) is 32.8 Å². The molecule has 1 aliphatic heterocycles. The number of alkyl halides is 4. The number of likely N-dealkylation sites (tertiary alicyclic amines) is 1. The van der Waals surface area contributed by atoms with Crippen LogP contribution >= 0.6 is 34.4 Å². The van der Waals surface area contributed by atoms with Crippen molar-refractivity contribution < 1.29 is 22.7 Å². The minimum atomic E-state index is -4.49. The summed E-state index contributed by atoms with van der Waals surface area (Å²) in [7, 11) is 1.29. The van der Waals surface area contributed by atoms with Crippen molar-refractivity contribution in [1.29, 1.82) is 0 Å². The fourth-order valence-corrected chi connectivity index (χ4v) is 5.48. The molecule has 2 atom stereocenters. The third-order valence-corrected chi connectivity index (χ3v) is 7.79. The second-order valence-electron chi connectivity index (χ2n) is 7.54. The van der Waals surface area contributed by atoms with Gasteiger partial charge in [0.05, 0.1) is 18.2 Å². The molecule has 2 aliphatic rings. The lowest BCUT2D eigenvalue weighted by atomic mass is 10.0. The Morgan fingerprint density at radius 3 is 2.52 bits per heavy atom. The summed E-state index contributed by atoms with van der Waals surface area (Å²) in [6.07, 6.45) is 2.45. The van der Waals surface area contributed by atoms with Crippen LogP contribution in [0.2, 0.25) is 0 Å². The molecule has 1 amide bonds. The maximum Gasteiger partial charge on any atom is 0.416 e. The Balaban J connectivity index is 1.81. The zero-order chi connectivity index (χ0) is 21.2. The first-order valence-electron chi connectivity index (χ1n) is 9.76. The molecule has 0 unspecified atom stereocenters. The van der Waals surface area contributed by atoms with Crippen LogP contribution in [0.5, 0.6) is 5.75 Å². The molecule has 29 heavy (non-hydrogen) atoms. The summed E-state index contributed by atoms with van der Waals surface area (Å²) in [4.78, 5) is 15.8. The number of hydrogen-bond donors (Lipinski definition) is 1. The van der Waals surface area contributed by atoms with Crippen LogP contribution in [0.4, 0.5) is 13.2 Å². The molecule has 0 aromatic heterocycles. The van der Waals surface area contributed by atoms with Crippen molar-refractivity contribution in [3.8, 4) is 5.75 Å². The van der Waals surface area contributed by atoms with Crippen LogP contribution in [0.15, 0.2) is 17.0 Å². The van der Waals surface area contributed by atoms with Gasteiger partial charge in [0.25, 0.3) is 5.91 Å². The number of methoxy groups -OCH3 is 1. The predicted molar refractivity (Wildman–Crippen MR) is 117 cm³/mol. The maximum atomic E-state index is 13.2. The monoisotopic (exact) mass is 542 g/mol. The molecular formula is C20H26F3IN2O2S. The molecule has 1 aromatic rings. The number of nitrogens with one attached hydrogen (secondary N) is 1. The van der Waals surface area contributed by atoms with Gasteiger partial charge in [-0.3, -0.25) is 9.69 Å². The van der Waals surface area contributed by atoms with Crippen LogP contribution in [0.1, 0.15) is 48.0 Å². The smallest absolute Gasteiger partial charge is 0.416 e. The van der Waals surface area contributed by atoms with Crippen LogP contribution in [0.3, 0.4) is 0 Å². The molecule has 1 N–H and O–H groups in total. The number of carbonyl (C=O) groups excluding carboxylic acids is 1. The highest BCUT2D eigenvalue weighted by atomic mass is 127. The first-order valence-corrected chi connectivity index (χ1v) is 12.2. The number of thioether (sulfide) groups is 1. The van der Waals surface area contributed by atoms with Crippen LogP contribution in [-0.4, -0.2) is 53.3 Å². The second-order valence-corrected chi connectivity index (χ2v) is 10.2. The Hall–Kier alpha value is -0.680. The van der Waals surface area contributed by atoms with E-state index >= 15 is 0 Å². The zero-order valence-corrected chi connectivity index (χ0v) is 19.5. The molecule has 1 aliphatic carbocycles. The van der Waals surface area contributed by atoms with Crippen molar-refractivity contribution in [2.45, 2.75) is 59.2 Å². The molecule has 0 spiro atoms. The molecular weight excluding hydrogens is 516 g/mol. The lowest BCUT2D eigenvalue weighted by molar-refractivity contribution is -0.137. The van der Waals surface area contributed by atoms with Gasteiger partial charge in [0.15, 0.2) is 0 Å². The van der Waals surface area contributed by atoms with Gasteiger partial charge in [0.2, 0.25) is 0 Å². The average molecular weight is 542 g/mol. The topological polar surface area (TPSA) is 41.6 Å². The predicted octanol–water partition coefficient (Wildman–Crippen LogP) is 4.99. The molecule has 1 saturated carbocycles. The summed E-state index contributed by atoms with van der Waals surface area (Å²) >= 11 is 3.61. The van der Waals surface area contributed by atoms with E-state index < -0.39 is 11.7 Å². The van der Waals surface area contributed by atoms with E-state index in [9.17, 15) is 18.0 Å². The van der Waals surface area contributed by atoms with Gasteiger partial charge in [-0.1, -0.05) is 22.6 Å². The van der Waals surface area contributed by atoms with E-state index in [0.29, 0.717) is 9.97 Å². The number of carbonyl (C=O) groups is 1. The average Bonchev–Trinajstić information content (AvgIpc) is 3.14. The Labute approximate surface area is 187 Å². The first kappa shape index (κ1) is 23.0. The molecule has 1 heterocycles. The molecule has 1 saturated heterocycles. The van der Waals surface area contributed by atoms with Crippen molar-refractivity contribution in [2.24, 2.45) is 0 Å². The number of benzene rings is 1. The largest absolute Gasteiger partial charge is 0.496 e. The molecule has 1 aromatic carbocycles. The van der Waals surface area contributed by atoms with Gasteiger partial charge in [-0.15, -0.1) is 11.8 Å². The van der Waals surface area contributed by atoms with Gasteiger partial charge in [0.1, 0.15) is 5.75 Å². The number of rotatable bonds is 5. The molecule has 0 bridgehead atoms. The molecule has 4 nitrogen and oxygen atoms in total. The van der Waals surface area contributed by atoms with Crippen molar-refractivity contribution in [2.75, 3.05) is 26.5 Å². The molecule has 162 valence electrons. The Morgan fingerprint density at radius 2 is 1.93 bits per heavy atom. The van der Waals surface area contributed by atoms with E-state index in [1.54, 1.807) is 6.26 Å². The number of nitrogens with zero attached hydrogens (tertiary/aromatic N) is 1. The molecule has 3 rings (SSSR count). The standard InChI is InChI=1S/C20H26F3IN2O2S/c1-28-16-10-12(20(21,22)23)11-17(29-2)18(16)19(27)25-14-4-3-5-15(14)26-8-6-13(24)7-9-26/h10-11,13-15H,3-9H2,1-2H3,(H,25,27)/t14-,15+/m1/s1. The highest BCUT2D eigenvalue weighted by Crippen LogP contribution is 2.38.